The van der Waals surface area contributed by atoms with Gasteiger partial charge in [-0.1, -0.05) is 11.8 Å². The van der Waals surface area contributed by atoms with Gasteiger partial charge in [-0.2, -0.15) is 13.2 Å². The van der Waals surface area contributed by atoms with Gasteiger partial charge >= 0.3 is 6.18 Å². The first kappa shape index (κ1) is 23.4. The van der Waals surface area contributed by atoms with Crippen LogP contribution in [0.1, 0.15) is 19.4 Å². The SMILES string of the molecule is CCn1c(S[C@@H](C)C(=O)N2CC(=O)Nc3cc(C(F)(F)F)ccc32)nnc1N1CCOCC1. The molecule has 2 aromatic rings. The fourth-order valence-corrected chi connectivity index (χ4v) is 4.70. The quantitative estimate of drug-likeness (QED) is 0.653. The summed E-state index contributed by atoms with van der Waals surface area (Å²) in [6, 6.07) is 2.95. The van der Waals surface area contributed by atoms with Crippen LogP contribution >= 0.6 is 11.8 Å². The van der Waals surface area contributed by atoms with E-state index in [9.17, 15) is 22.8 Å². The Labute approximate surface area is 192 Å². The van der Waals surface area contributed by atoms with Crippen molar-refractivity contribution in [3.8, 4) is 0 Å². The average Bonchev–Trinajstić information content (AvgIpc) is 3.19. The van der Waals surface area contributed by atoms with E-state index in [0.717, 1.165) is 12.1 Å². The van der Waals surface area contributed by atoms with E-state index in [2.05, 4.69) is 20.4 Å². The van der Waals surface area contributed by atoms with Crippen LogP contribution in [0.3, 0.4) is 0 Å². The maximum Gasteiger partial charge on any atom is 0.416 e. The molecule has 178 valence electrons. The molecule has 0 radical (unpaired) electrons. The standard InChI is InChI=1S/C20H23F3N6O3S/c1-3-28-18(27-6-8-32-9-7-27)25-26-19(28)33-12(2)17(31)29-11-16(30)24-14-10-13(20(21,22)23)4-5-15(14)29/h4-5,10,12H,3,6-9,11H2,1-2H3,(H,24,30)/t12-/m0/s1. The van der Waals surface area contributed by atoms with Crippen molar-refractivity contribution < 1.29 is 27.5 Å². The van der Waals surface area contributed by atoms with Gasteiger partial charge < -0.3 is 15.0 Å². The first-order valence-corrected chi connectivity index (χ1v) is 11.3. The molecule has 13 heteroatoms. The molecule has 1 saturated heterocycles. The summed E-state index contributed by atoms with van der Waals surface area (Å²) in [5.74, 6) is -0.265. The molecule has 1 aromatic heterocycles. The molecular weight excluding hydrogens is 461 g/mol. The van der Waals surface area contributed by atoms with Gasteiger partial charge in [0.25, 0.3) is 0 Å². The number of thioether (sulfide) groups is 1. The molecule has 1 N–H and O–H groups in total. The van der Waals surface area contributed by atoms with Crippen molar-refractivity contribution in [2.75, 3.05) is 48.0 Å². The average molecular weight is 485 g/mol. The second-order valence-electron chi connectivity index (χ2n) is 7.59. The molecule has 0 aliphatic carbocycles. The first-order chi connectivity index (χ1) is 15.7. The highest BCUT2D eigenvalue weighted by molar-refractivity contribution is 8.00. The summed E-state index contributed by atoms with van der Waals surface area (Å²) >= 11 is 1.19. The molecule has 1 atom stereocenters. The summed E-state index contributed by atoms with van der Waals surface area (Å²) in [7, 11) is 0. The number of hydrogen-bond donors (Lipinski definition) is 1. The molecule has 1 aromatic carbocycles. The van der Waals surface area contributed by atoms with Gasteiger partial charge in [0.05, 0.1) is 35.4 Å². The Hall–Kier alpha value is -2.80. The van der Waals surface area contributed by atoms with Crippen molar-refractivity contribution in [3.63, 3.8) is 0 Å². The lowest BCUT2D eigenvalue weighted by Crippen LogP contribution is -2.45. The summed E-state index contributed by atoms with van der Waals surface area (Å²) in [5.41, 5.74) is -0.714. The molecule has 2 aliphatic rings. The number of carbonyl (C=O) groups is 2. The number of carbonyl (C=O) groups excluding carboxylic acids is 2. The molecular formula is C20H23F3N6O3S. The van der Waals surface area contributed by atoms with Crippen LogP contribution in [-0.4, -0.2) is 64.7 Å². The second-order valence-corrected chi connectivity index (χ2v) is 8.90. The molecule has 33 heavy (non-hydrogen) atoms. The van der Waals surface area contributed by atoms with Crippen molar-refractivity contribution in [3.05, 3.63) is 23.8 Å². The zero-order chi connectivity index (χ0) is 23.8. The van der Waals surface area contributed by atoms with E-state index in [-0.39, 0.29) is 17.9 Å². The zero-order valence-electron chi connectivity index (χ0n) is 18.1. The number of nitrogens with zero attached hydrogens (tertiary/aromatic N) is 5. The highest BCUT2D eigenvalue weighted by Gasteiger charge is 2.35. The third-order valence-electron chi connectivity index (χ3n) is 5.39. The maximum absolute atomic E-state index is 13.2. The Morgan fingerprint density at radius 1 is 1.27 bits per heavy atom. The normalized spacial score (nSPS) is 17.5. The largest absolute Gasteiger partial charge is 0.416 e. The zero-order valence-corrected chi connectivity index (χ0v) is 18.9. The van der Waals surface area contributed by atoms with E-state index in [1.807, 2.05) is 11.5 Å². The molecule has 0 bridgehead atoms. The molecule has 3 heterocycles. The third kappa shape index (κ3) is 4.78. The minimum atomic E-state index is -4.56. The number of alkyl halides is 3. The fourth-order valence-electron chi connectivity index (χ4n) is 3.73. The number of ether oxygens (including phenoxy) is 1. The highest BCUT2D eigenvalue weighted by Crippen LogP contribution is 2.38. The predicted octanol–water partition coefficient (Wildman–Crippen LogP) is 2.62. The lowest BCUT2D eigenvalue weighted by molar-refractivity contribution is -0.137. The molecule has 0 saturated carbocycles. The van der Waals surface area contributed by atoms with Gasteiger partial charge in [-0.3, -0.25) is 19.1 Å². The van der Waals surface area contributed by atoms with Crippen LogP contribution in [-0.2, 0) is 27.0 Å². The van der Waals surface area contributed by atoms with Gasteiger partial charge in [0.1, 0.15) is 6.54 Å². The van der Waals surface area contributed by atoms with Crippen LogP contribution in [0.5, 0.6) is 0 Å². The van der Waals surface area contributed by atoms with E-state index in [1.165, 1.54) is 22.7 Å². The summed E-state index contributed by atoms with van der Waals surface area (Å²) in [6.07, 6.45) is -4.56. The molecule has 0 unspecified atom stereocenters. The minimum Gasteiger partial charge on any atom is -0.378 e. The molecule has 9 nitrogen and oxygen atoms in total. The van der Waals surface area contributed by atoms with Gasteiger partial charge in [0.15, 0.2) is 5.16 Å². The Morgan fingerprint density at radius 2 is 2.00 bits per heavy atom. The van der Waals surface area contributed by atoms with Gasteiger partial charge in [0.2, 0.25) is 17.8 Å². The van der Waals surface area contributed by atoms with E-state index >= 15 is 0 Å². The minimum absolute atomic E-state index is 0.0436. The van der Waals surface area contributed by atoms with E-state index in [1.54, 1.807) is 6.92 Å². The number of anilines is 3. The number of amides is 2. The summed E-state index contributed by atoms with van der Waals surface area (Å²) in [4.78, 5) is 28.6. The molecule has 1 fully saturated rings. The van der Waals surface area contributed by atoms with E-state index in [4.69, 9.17) is 4.74 Å². The Balaban J connectivity index is 1.55. The number of fused-ring (bicyclic) bond motifs is 1. The van der Waals surface area contributed by atoms with Gasteiger partial charge in [-0.25, -0.2) is 0 Å². The number of benzene rings is 1. The van der Waals surface area contributed by atoms with Crippen LogP contribution in [0.15, 0.2) is 23.4 Å². The first-order valence-electron chi connectivity index (χ1n) is 10.4. The Morgan fingerprint density at radius 3 is 2.67 bits per heavy atom. The number of aromatic nitrogens is 3. The van der Waals surface area contributed by atoms with Crippen LogP contribution in [0.4, 0.5) is 30.5 Å². The van der Waals surface area contributed by atoms with Crippen LogP contribution < -0.4 is 15.1 Å². The summed E-state index contributed by atoms with van der Waals surface area (Å²) in [5, 5.41) is 10.8. The molecule has 0 spiro atoms. The van der Waals surface area contributed by atoms with E-state index in [0.29, 0.717) is 44.0 Å². The van der Waals surface area contributed by atoms with Crippen molar-refractivity contribution in [2.24, 2.45) is 0 Å². The lowest BCUT2D eigenvalue weighted by Gasteiger charge is -2.31. The van der Waals surface area contributed by atoms with Crippen molar-refractivity contribution in [1.82, 2.24) is 14.8 Å². The lowest BCUT2D eigenvalue weighted by atomic mass is 10.1. The third-order valence-corrected chi connectivity index (χ3v) is 6.46. The predicted molar refractivity (Wildman–Crippen MR) is 116 cm³/mol. The monoisotopic (exact) mass is 484 g/mol. The Kier molecular flexibility index (Phi) is 6.52. The van der Waals surface area contributed by atoms with Crippen LogP contribution in [0.25, 0.3) is 0 Å². The smallest absolute Gasteiger partial charge is 0.378 e. The number of rotatable bonds is 5. The van der Waals surface area contributed by atoms with Crippen LogP contribution in [0, 0.1) is 0 Å². The van der Waals surface area contributed by atoms with Gasteiger partial charge in [-0.05, 0) is 32.0 Å². The molecule has 2 amide bonds. The number of hydrogen-bond acceptors (Lipinski definition) is 7. The fraction of sp³-hybridized carbons (Fsp3) is 0.500. The summed E-state index contributed by atoms with van der Waals surface area (Å²) in [6.45, 7) is 6.52. The molecule has 4 rings (SSSR count). The number of morpholine rings is 1. The van der Waals surface area contributed by atoms with Crippen molar-refractivity contribution in [2.45, 2.75) is 37.0 Å². The number of halogens is 3. The van der Waals surface area contributed by atoms with E-state index < -0.39 is 28.8 Å². The van der Waals surface area contributed by atoms with Gasteiger partial charge in [-0.15, -0.1) is 10.2 Å². The topological polar surface area (TPSA) is 92.6 Å². The molecule has 2 aliphatic heterocycles. The second kappa shape index (κ2) is 9.21. The maximum atomic E-state index is 13.2. The van der Waals surface area contributed by atoms with Crippen molar-refractivity contribution >= 4 is 40.9 Å². The van der Waals surface area contributed by atoms with Crippen LogP contribution in [0.2, 0.25) is 0 Å². The van der Waals surface area contributed by atoms with Gasteiger partial charge in [0, 0.05) is 19.6 Å². The highest BCUT2D eigenvalue weighted by atomic mass is 32.2. The Bertz CT molecular complexity index is 1050. The van der Waals surface area contributed by atoms with Crippen molar-refractivity contribution in [1.29, 1.82) is 0 Å². The number of nitrogens with one attached hydrogen (secondary N) is 1. The summed E-state index contributed by atoms with van der Waals surface area (Å²) < 4.78 is 46.5.